The molecular formula is C13H20FNO2. The summed E-state index contributed by atoms with van der Waals surface area (Å²) in [6, 6.07) is 4.13. The largest absolute Gasteiger partial charge is 0.491 e. The fraction of sp³-hybridized carbons (Fsp3) is 0.538. The summed E-state index contributed by atoms with van der Waals surface area (Å²) in [5, 5.41) is 0. The zero-order valence-corrected chi connectivity index (χ0v) is 10.4. The monoisotopic (exact) mass is 241 g/mol. The molecule has 0 aromatic heterocycles. The van der Waals surface area contributed by atoms with Crippen LogP contribution >= 0.6 is 0 Å². The Hall–Kier alpha value is -1.13. The molecule has 1 aromatic rings. The van der Waals surface area contributed by atoms with Crippen LogP contribution in [0.25, 0.3) is 0 Å². The van der Waals surface area contributed by atoms with Crippen molar-refractivity contribution in [1.82, 2.24) is 0 Å². The second-order valence-corrected chi connectivity index (χ2v) is 3.93. The Morgan fingerprint density at radius 1 is 1.29 bits per heavy atom. The van der Waals surface area contributed by atoms with Gasteiger partial charge in [-0.1, -0.05) is 6.92 Å². The van der Waals surface area contributed by atoms with E-state index in [2.05, 4.69) is 6.92 Å². The normalized spacial score (nSPS) is 12.5. The fourth-order valence-electron chi connectivity index (χ4n) is 1.46. The lowest BCUT2D eigenvalue weighted by atomic mass is 10.1. The molecule has 0 unspecified atom stereocenters. The van der Waals surface area contributed by atoms with Gasteiger partial charge in [-0.2, -0.15) is 0 Å². The van der Waals surface area contributed by atoms with Crippen LogP contribution in [0.15, 0.2) is 18.2 Å². The minimum Gasteiger partial charge on any atom is -0.491 e. The van der Waals surface area contributed by atoms with E-state index >= 15 is 0 Å². The molecule has 0 fully saturated rings. The molecule has 1 atom stereocenters. The molecule has 0 aliphatic heterocycles. The lowest BCUT2D eigenvalue weighted by molar-refractivity contribution is 0.100. The van der Waals surface area contributed by atoms with Gasteiger partial charge in [-0.25, -0.2) is 4.39 Å². The number of halogens is 1. The Morgan fingerprint density at radius 3 is 2.71 bits per heavy atom. The molecule has 0 amide bonds. The van der Waals surface area contributed by atoms with E-state index in [0.717, 1.165) is 13.0 Å². The maximum absolute atomic E-state index is 13.1. The van der Waals surface area contributed by atoms with Crippen molar-refractivity contribution in [2.24, 2.45) is 5.73 Å². The summed E-state index contributed by atoms with van der Waals surface area (Å²) >= 11 is 0. The van der Waals surface area contributed by atoms with Crippen molar-refractivity contribution in [1.29, 1.82) is 0 Å². The minimum absolute atomic E-state index is 0.253. The van der Waals surface area contributed by atoms with E-state index in [1.807, 2.05) is 0 Å². The first-order valence-electron chi connectivity index (χ1n) is 5.90. The van der Waals surface area contributed by atoms with Crippen LogP contribution in [0.2, 0.25) is 0 Å². The molecule has 0 saturated heterocycles. The highest BCUT2D eigenvalue weighted by atomic mass is 19.1. The quantitative estimate of drug-likeness (QED) is 0.746. The van der Waals surface area contributed by atoms with Gasteiger partial charge in [-0.3, -0.25) is 0 Å². The zero-order valence-electron chi connectivity index (χ0n) is 10.4. The predicted octanol–water partition coefficient (Wildman–Crippen LogP) is 2.65. The van der Waals surface area contributed by atoms with Crippen molar-refractivity contribution in [2.45, 2.75) is 26.3 Å². The summed E-state index contributed by atoms with van der Waals surface area (Å²) < 4.78 is 23.9. The van der Waals surface area contributed by atoms with Crippen molar-refractivity contribution < 1.29 is 13.9 Å². The molecule has 1 rings (SSSR count). The molecule has 17 heavy (non-hydrogen) atoms. The van der Waals surface area contributed by atoms with E-state index in [-0.39, 0.29) is 11.9 Å². The maximum atomic E-state index is 13.1. The smallest absolute Gasteiger partial charge is 0.124 e. The molecule has 4 heteroatoms. The molecule has 0 spiro atoms. The van der Waals surface area contributed by atoms with Gasteiger partial charge < -0.3 is 15.2 Å². The number of nitrogens with two attached hydrogens (primary N) is 1. The number of hydrogen-bond donors (Lipinski definition) is 1. The van der Waals surface area contributed by atoms with E-state index in [1.54, 1.807) is 13.0 Å². The Bertz CT molecular complexity index is 342. The molecule has 0 saturated carbocycles. The molecule has 3 nitrogen and oxygen atoms in total. The molecular weight excluding hydrogens is 221 g/mol. The summed E-state index contributed by atoms with van der Waals surface area (Å²) in [5.74, 6) is 0.327. The van der Waals surface area contributed by atoms with Crippen LogP contribution in [0.1, 0.15) is 31.9 Å². The third-order valence-corrected chi connectivity index (χ3v) is 2.30. The van der Waals surface area contributed by atoms with Gasteiger partial charge in [-0.15, -0.1) is 0 Å². The van der Waals surface area contributed by atoms with Crippen molar-refractivity contribution in [3.8, 4) is 5.75 Å². The van der Waals surface area contributed by atoms with Gasteiger partial charge in [0, 0.05) is 18.2 Å². The Kier molecular flexibility index (Phi) is 5.94. The highest BCUT2D eigenvalue weighted by Gasteiger charge is 2.09. The molecule has 0 aliphatic rings. The topological polar surface area (TPSA) is 44.5 Å². The van der Waals surface area contributed by atoms with Crippen LogP contribution < -0.4 is 10.5 Å². The van der Waals surface area contributed by atoms with Crippen molar-refractivity contribution in [3.05, 3.63) is 29.6 Å². The van der Waals surface area contributed by atoms with Crippen LogP contribution in [0.3, 0.4) is 0 Å². The molecule has 0 bridgehead atoms. The molecule has 0 aliphatic carbocycles. The van der Waals surface area contributed by atoms with Gasteiger partial charge in [0.25, 0.3) is 0 Å². The second-order valence-electron chi connectivity index (χ2n) is 3.93. The van der Waals surface area contributed by atoms with Crippen LogP contribution in [-0.4, -0.2) is 19.8 Å². The van der Waals surface area contributed by atoms with Crippen LogP contribution in [-0.2, 0) is 4.74 Å². The standard InChI is InChI=1S/C13H20FNO2/c1-3-6-16-7-8-17-13-5-4-11(14)9-12(13)10(2)15/h4-5,9-10H,3,6-8,15H2,1-2H3/t10-/m0/s1. The maximum Gasteiger partial charge on any atom is 0.124 e. The average molecular weight is 241 g/mol. The first-order chi connectivity index (χ1) is 8.15. The highest BCUT2D eigenvalue weighted by molar-refractivity contribution is 5.36. The lowest BCUT2D eigenvalue weighted by Crippen LogP contribution is -2.12. The summed E-state index contributed by atoms with van der Waals surface area (Å²) in [4.78, 5) is 0. The molecule has 0 radical (unpaired) electrons. The third kappa shape index (κ3) is 4.71. The van der Waals surface area contributed by atoms with E-state index in [1.165, 1.54) is 12.1 Å². The summed E-state index contributed by atoms with van der Waals surface area (Å²) in [6.45, 7) is 5.56. The van der Waals surface area contributed by atoms with Crippen LogP contribution in [0.5, 0.6) is 5.75 Å². The summed E-state index contributed by atoms with van der Waals surface area (Å²) in [6.07, 6.45) is 0.988. The van der Waals surface area contributed by atoms with Gasteiger partial charge in [0.2, 0.25) is 0 Å². The molecule has 0 heterocycles. The molecule has 96 valence electrons. The Balaban J connectivity index is 2.52. The highest BCUT2D eigenvalue weighted by Crippen LogP contribution is 2.24. The van der Waals surface area contributed by atoms with Crippen LogP contribution in [0.4, 0.5) is 4.39 Å². The average Bonchev–Trinajstić information content (AvgIpc) is 2.30. The summed E-state index contributed by atoms with van der Waals surface area (Å²) in [5.41, 5.74) is 6.44. The van der Waals surface area contributed by atoms with Gasteiger partial charge in [0.05, 0.1) is 6.61 Å². The Morgan fingerprint density at radius 2 is 2.06 bits per heavy atom. The van der Waals surface area contributed by atoms with Gasteiger partial charge in [-0.05, 0) is 31.5 Å². The number of hydrogen-bond acceptors (Lipinski definition) is 3. The van der Waals surface area contributed by atoms with Crippen molar-refractivity contribution >= 4 is 0 Å². The van der Waals surface area contributed by atoms with Gasteiger partial charge in [0.15, 0.2) is 0 Å². The van der Waals surface area contributed by atoms with E-state index in [4.69, 9.17) is 15.2 Å². The van der Waals surface area contributed by atoms with Crippen LogP contribution in [0, 0.1) is 5.82 Å². The van der Waals surface area contributed by atoms with Gasteiger partial charge >= 0.3 is 0 Å². The second kappa shape index (κ2) is 7.25. The lowest BCUT2D eigenvalue weighted by Gasteiger charge is -2.14. The van der Waals surface area contributed by atoms with E-state index in [9.17, 15) is 4.39 Å². The molecule has 2 N–H and O–H groups in total. The van der Waals surface area contributed by atoms with E-state index in [0.29, 0.717) is 24.5 Å². The third-order valence-electron chi connectivity index (χ3n) is 2.30. The first-order valence-corrected chi connectivity index (χ1v) is 5.90. The zero-order chi connectivity index (χ0) is 12.7. The van der Waals surface area contributed by atoms with Gasteiger partial charge in [0.1, 0.15) is 18.2 Å². The molecule has 1 aromatic carbocycles. The van der Waals surface area contributed by atoms with E-state index < -0.39 is 0 Å². The number of benzene rings is 1. The number of rotatable bonds is 7. The fourth-order valence-corrected chi connectivity index (χ4v) is 1.46. The van der Waals surface area contributed by atoms with Crippen molar-refractivity contribution in [3.63, 3.8) is 0 Å². The SMILES string of the molecule is CCCOCCOc1ccc(F)cc1[C@H](C)N. The Labute approximate surface area is 102 Å². The number of ether oxygens (including phenoxy) is 2. The first kappa shape index (κ1) is 13.9. The summed E-state index contributed by atoms with van der Waals surface area (Å²) in [7, 11) is 0. The minimum atomic E-state index is -0.299. The predicted molar refractivity (Wildman–Crippen MR) is 65.6 cm³/mol. The van der Waals surface area contributed by atoms with Crippen molar-refractivity contribution in [2.75, 3.05) is 19.8 Å².